The van der Waals surface area contributed by atoms with E-state index in [1.807, 2.05) is 0 Å². The average Bonchev–Trinajstić information content (AvgIpc) is 3.06. The summed E-state index contributed by atoms with van der Waals surface area (Å²) in [5.74, 6) is 3.26. The smallest absolute Gasteiger partial charge is 0.226 e. The van der Waals surface area contributed by atoms with Crippen LogP contribution in [0.4, 0.5) is 0 Å². The van der Waals surface area contributed by atoms with Crippen molar-refractivity contribution in [2.75, 3.05) is 19.6 Å². The van der Waals surface area contributed by atoms with E-state index >= 15 is 0 Å². The number of amides is 1. The molecule has 1 N–H and O–H groups in total. The normalized spacial score (nSPS) is 47.8. The van der Waals surface area contributed by atoms with Crippen LogP contribution in [0, 0.1) is 23.7 Å². The quantitative estimate of drug-likeness (QED) is 0.740. The average molecular weight is 234 g/mol. The Morgan fingerprint density at radius 2 is 2.00 bits per heavy atom. The molecule has 0 aromatic carbocycles. The molecule has 2 aliphatic heterocycles. The number of carbonyl (C=O) groups is 1. The lowest BCUT2D eigenvalue weighted by Gasteiger charge is -2.26. The second-order valence-corrected chi connectivity index (χ2v) is 6.63. The fourth-order valence-corrected chi connectivity index (χ4v) is 4.81. The highest BCUT2D eigenvalue weighted by Crippen LogP contribution is 2.49. The molecule has 3 heteroatoms. The topological polar surface area (TPSA) is 32.3 Å². The van der Waals surface area contributed by atoms with Gasteiger partial charge in [0.15, 0.2) is 0 Å². The molecule has 5 atom stereocenters. The molecule has 2 saturated heterocycles. The van der Waals surface area contributed by atoms with Gasteiger partial charge >= 0.3 is 0 Å². The van der Waals surface area contributed by atoms with Crippen molar-refractivity contribution in [3.63, 3.8) is 0 Å². The van der Waals surface area contributed by atoms with Gasteiger partial charge in [0.05, 0.1) is 0 Å². The van der Waals surface area contributed by atoms with Crippen LogP contribution in [0.1, 0.15) is 32.1 Å². The summed E-state index contributed by atoms with van der Waals surface area (Å²) in [6, 6.07) is 0.609. The Kier molecular flexibility index (Phi) is 2.26. The SMILES string of the molecule is O=C(C1CC2CCC1C2)N1C[C@@H]2CCN[C@@H]2C1. The van der Waals surface area contributed by atoms with Crippen molar-refractivity contribution in [1.29, 1.82) is 0 Å². The van der Waals surface area contributed by atoms with E-state index in [-0.39, 0.29) is 0 Å². The van der Waals surface area contributed by atoms with Gasteiger partial charge in [-0.1, -0.05) is 6.42 Å². The second kappa shape index (κ2) is 3.71. The zero-order chi connectivity index (χ0) is 11.4. The number of rotatable bonds is 1. The number of carbonyl (C=O) groups excluding carboxylic acids is 1. The minimum atomic E-state index is 0.396. The third-order valence-corrected chi connectivity index (χ3v) is 5.73. The zero-order valence-electron chi connectivity index (χ0n) is 10.4. The van der Waals surface area contributed by atoms with Gasteiger partial charge in [-0.3, -0.25) is 4.79 Å². The van der Waals surface area contributed by atoms with E-state index in [4.69, 9.17) is 0 Å². The molecule has 94 valence electrons. The number of likely N-dealkylation sites (tertiary alicyclic amines) is 1. The highest BCUT2D eigenvalue weighted by atomic mass is 16.2. The maximum absolute atomic E-state index is 12.6. The van der Waals surface area contributed by atoms with Crippen LogP contribution in [0.15, 0.2) is 0 Å². The van der Waals surface area contributed by atoms with Gasteiger partial charge in [0.1, 0.15) is 0 Å². The summed E-state index contributed by atoms with van der Waals surface area (Å²) in [7, 11) is 0. The van der Waals surface area contributed by atoms with E-state index in [0.717, 1.165) is 37.4 Å². The van der Waals surface area contributed by atoms with Gasteiger partial charge < -0.3 is 10.2 Å². The van der Waals surface area contributed by atoms with Crippen LogP contribution in [0.2, 0.25) is 0 Å². The molecule has 0 aromatic heterocycles. The Labute approximate surface area is 103 Å². The van der Waals surface area contributed by atoms with Gasteiger partial charge in [0.2, 0.25) is 5.91 Å². The standard InChI is InChI=1S/C14H22N2O/c17-14(12-6-9-1-2-10(12)5-9)16-7-11-3-4-15-13(11)8-16/h9-13,15H,1-8H2/t9?,10?,11-,12?,13+/m0/s1. The molecule has 0 aromatic rings. The lowest BCUT2D eigenvalue weighted by Crippen LogP contribution is -2.39. The summed E-state index contributed by atoms with van der Waals surface area (Å²) in [4.78, 5) is 14.7. The Morgan fingerprint density at radius 1 is 1.06 bits per heavy atom. The molecule has 1 amide bonds. The van der Waals surface area contributed by atoms with E-state index in [2.05, 4.69) is 10.2 Å². The number of fused-ring (bicyclic) bond motifs is 3. The first-order valence-corrected chi connectivity index (χ1v) is 7.33. The van der Waals surface area contributed by atoms with Gasteiger partial charge in [0, 0.05) is 25.0 Å². The van der Waals surface area contributed by atoms with Crippen LogP contribution in [-0.4, -0.2) is 36.5 Å². The summed E-state index contributed by atoms with van der Waals surface area (Å²) in [5.41, 5.74) is 0. The molecule has 4 rings (SSSR count). The molecule has 3 nitrogen and oxygen atoms in total. The predicted octanol–water partition coefficient (Wildman–Crippen LogP) is 1.24. The molecular formula is C14H22N2O. The van der Waals surface area contributed by atoms with Crippen molar-refractivity contribution in [2.24, 2.45) is 23.7 Å². The largest absolute Gasteiger partial charge is 0.341 e. The van der Waals surface area contributed by atoms with Crippen LogP contribution in [0.3, 0.4) is 0 Å². The van der Waals surface area contributed by atoms with E-state index < -0.39 is 0 Å². The zero-order valence-corrected chi connectivity index (χ0v) is 10.4. The van der Waals surface area contributed by atoms with Crippen LogP contribution >= 0.6 is 0 Å². The predicted molar refractivity (Wildman–Crippen MR) is 65.4 cm³/mol. The lowest BCUT2D eigenvalue weighted by molar-refractivity contribution is -0.136. The van der Waals surface area contributed by atoms with E-state index in [1.54, 1.807) is 0 Å². The molecule has 0 radical (unpaired) electrons. The van der Waals surface area contributed by atoms with Crippen LogP contribution < -0.4 is 5.32 Å². The molecule has 2 heterocycles. The van der Waals surface area contributed by atoms with Crippen molar-refractivity contribution < 1.29 is 4.79 Å². The third-order valence-electron chi connectivity index (χ3n) is 5.73. The van der Waals surface area contributed by atoms with E-state index in [9.17, 15) is 4.79 Å². The van der Waals surface area contributed by atoms with Crippen molar-refractivity contribution in [3.05, 3.63) is 0 Å². The van der Waals surface area contributed by atoms with Gasteiger partial charge in [-0.25, -0.2) is 0 Å². The number of hydrogen-bond donors (Lipinski definition) is 1. The first-order chi connectivity index (χ1) is 8.31. The summed E-state index contributed by atoms with van der Waals surface area (Å²) < 4.78 is 0. The summed E-state index contributed by atoms with van der Waals surface area (Å²) >= 11 is 0. The molecule has 0 spiro atoms. The fourth-order valence-electron chi connectivity index (χ4n) is 4.81. The molecule has 3 unspecified atom stereocenters. The highest BCUT2D eigenvalue weighted by Gasteiger charge is 2.47. The van der Waals surface area contributed by atoms with Crippen LogP contribution in [0.5, 0.6) is 0 Å². The van der Waals surface area contributed by atoms with Crippen LogP contribution in [0.25, 0.3) is 0 Å². The van der Waals surface area contributed by atoms with Gasteiger partial charge in [0.25, 0.3) is 0 Å². The monoisotopic (exact) mass is 234 g/mol. The van der Waals surface area contributed by atoms with Crippen molar-refractivity contribution in [3.8, 4) is 0 Å². The second-order valence-electron chi connectivity index (χ2n) is 6.63. The lowest BCUT2D eigenvalue weighted by atomic mass is 9.88. The Morgan fingerprint density at radius 3 is 2.71 bits per heavy atom. The van der Waals surface area contributed by atoms with E-state index in [0.29, 0.717) is 17.9 Å². The number of hydrogen-bond acceptors (Lipinski definition) is 2. The Bertz CT molecular complexity index is 331. The summed E-state index contributed by atoms with van der Waals surface area (Å²) in [6.07, 6.45) is 6.52. The Balaban J connectivity index is 1.44. The fraction of sp³-hybridized carbons (Fsp3) is 0.929. The van der Waals surface area contributed by atoms with Gasteiger partial charge in [-0.15, -0.1) is 0 Å². The molecule has 4 aliphatic rings. The first kappa shape index (κ1) is 10.4. The molecule has 17 heavy (non-hydrogen) atoms. The molecule has 4 fully saturated rings. The third kappa shape index (κ3) is 1.55. The van der Waals surface area contributed by atoms with E-state index in [1.165, 1.54) is 32.1 Å². The molecule has 2 aliphatic carbocycles. The van der Waals surface area contributed by atoms with Crippen molar-refractivity contribution >= 4 is 5.91 Å². The van der Waals surface area contributed by atoms with Crippen molar-refractivity contribution in [2.45, 2.75) is 38.1 Å². The first-order valence-electron chi connectivity index (χ1n) is 7.33. The maximum atomic E-state index is 12.6. The van der Waals surface area contributed by atoms with Gasteiger partial charge in [-0.05, 0) is 50.0 Å². The Hall–Kier alpha value is -0.570. The number of nitrogens with zero attached hydrogens (tertiary/aromatic N) is 1. The summed E-state index contributed by atoms with van der Waals surface area (Å²) in [5, 5.41) is 3.53. The maximum Gasteiger partial charge on any atom is 0.226 e. The van der Waals surface area contributed by atoms with Crippen LogP contribution in [-0.2, 0) is 4.79 Å². The minimum Gasteiger partial charge on any atom is -0.341 e. The molecule has 2 bridgehead atoms. The number of nitrogens with one attached hydrogen (secondary N) is 1. The summed E-state index contributed by atoms with van der Waals surface area (Å²) in [6.45, 7) is 3.17. The molecule has 2 saturated carbocycles. The van der Waals surface area contributed by atoms with Crippen molar-refractivity contribution in [1.82, 2.24) is 10.2 Å². The highest BCUT2D eigenvalue weighted by molar-refractivity contribution is 5.80. The molecular weight excluding hydrogens is 212 g/mol. The minimum absolute atomic E-state index is 0.396. The van der Waals surface area contributed by atoms with Gasteiger partial charge in [-0.2, -0.15) is 0 Å².